The van der Waals surface area contributed by atoms with Gasteiger partial charge in [-0.25, -0.2) is 0 Å². The van der Waals surface area contributed by atoms with E-state index in [1.54, 1.807) is 0 Å². The molecule has 12 nitrogen and oxygen atoms in total. The Kier molecular flexibility index (Phi) is 11.0. The summed E-state index contributed by atoms with van der Waals surface area (Å²) < 4.78 is 0. The highest BCUT2D eigenvalue weighted by Crippen LogP contribution is 1.98. The van der Waals surface area contributed by atoms with Crippen molar-refractivity contribution in [3.8, 4) is 0 Å². The van der Waals surface area contributed by atoms with Gasteiger partial charge >= 0.3 is 23.9 Å². The third-order valence-electron chi connectivity index (χ3n) is 3.17. The molecule has 0 aromatic heterocycles. The summed E-state index contributed by atoms with van der Waals surface area (Å²) in [5.41, 5.74) is 5.57. The van der Waals surface area contributed by atoms with Gasteiger partial charge < -0.3 is 31.5 Å². The molecule has 0 heterocycles. The minimum Gasteiger partial charge on any atom is -0.480 e. The maximum atomic E-state index is 10.8. The molecule has 0 aliphatic heterocycles. The molecule has 7 N–H and O–H groups in total. The monoisotopic (exact) mass is 364 g/mol. The van der Waals surface area contributed by atoms with Crippen molar-refractivity contribution in [3.05, 3.63) is 0 Å². The molecule has 0 aliphatic rings. The summed E-state index contributed by atoms with van der Waals surface area (Å²) >= 11 is 0. The number of carbonyl (C=O) groups is 4. The van der Waals surface area contributed by atoms with Gasteiger partial charge in [0.2, 0.25) is 0 Å². The van der Waals surface area contributed by atoms with Crippen molar-refractivity contribution in [2.24, 2.45) is 5.73 Å². The van der Waals surface area contributed by atoms with Crippen molar-refractivity contribution in [1.29, 1.82) is 0 Å². The molecule has 0 fully saturated rings. The van der Waals surface area contributed by atoms with E-state index in [2.05, 4.69) is 5.32 Å². The number of nitrogens with two attached hydrogens (primary N) is 1. The van der Waals surface area contributed by atoms with Crippen molar-refractivity contribution in [2.45, 2.75) is 6.04 Å². The summed E-state index contributed by atoms with van der Waals surface area (Å²) in [6.07, 6.45) is 0. The molecular formula is C13H24N4O8. The molecule has 1 atom stereocenters. The zero-order valence-corrected chi connectivity index (χ0v) is 13.6. The first-order chi connectivity index (χ1) is 11.6. The zero-order valence-electron chi connectivity index (χ0n) is 13.6. The van der Waals surface area contributed by atoms with Crippen LogP contribution in [0.3, 0.4) is 0 Å². The van der Waals surface area contributed by atoms with Gasteiger partial charge in [0.1, 0.15) is 0 Å². The lowest BCUT2D eigenvalue weighted by atomic mass is 10.2. The maximum Gasteiger partial charge on any atom is 0.317 e. The molecule has 1 unspecified atom stereocenters. The van der Waals surface area contributed by atoms with Crippen molar-refractivity contribution in [1.82, 2.24) is 15.1 Å². The molecule has 25 heavy (non-hydrogen) atoms. The van der Waals surface area contributed by atoms with Crippen LogP contribution in [0.15, 0.2) is 0 Å². The highest BCUT2D eigenvalue weighted by atomic mass is 16.4. The fraction of sp³-hybridized carbons (Fsp3) is 0.692. The van der Waals surface area contributed by atoms with Crippen LogP contribution < -0.4 is 11.1 Å². The Morgan fingerprint density at radius 2 is 1.28 bits per heavy atom. The molecule has 0 aromatic rings. The third kappa shape index (κ3) is 11.8. The maximum absolute atomic E-state index is 10.8. The Balaban J connectivity index is 4.50. The van der Waals surface area contributed by atoms with Crippen LogP contribution in [0.5, 0.6) is 0 Å². The molecule has 0 spiro atoms. The number of rotatable bonds is 15. The predicted octanol–water partition coefficient (Wildman–Crippen LogP) is -3.15. The summed E-state index contributed by atoms with van der Waals surface area (Å²) in [5, 5.41) is 38.0. The number of nitrogens with one attached hydrogen (secondary N) is 1. The van der Waals surface area contributed by atoms with Gasteiger partial charge in [-0.2, -0.15) is 0 Å². The Bertz CT molecular complexity index is 441. The van der Waals surface area contributed by atoms with Crippen LogP contribution in [0.4, 0.5) is 0 Å². The van der Waals surface area contributed by atoms with Gasteiger partial charge in [0, 0.05) is 32.2 Å². The van der Waals surface area contributed by atoms with Crippen LogP contribution in [-0.4, -0.2) is 113 Å². The van der Waals surface area contributed by atoms with Gasteiger partial charge in [0.15, 0.2) is 0 Å². The van der Waals surface area contributed by atoms with E-state index in [9.17, 15) is 19.2 Å². The van der Waals surface area contributed by atoms with E-state index in [4.69, 9.17) is 26.2 Å². The number of aliphatic carboxylic acids is 4. The first-order valence-corrected chi connectivity index (χ1v) is 7.40. The Labute approximate surface area is 143 Å². The lowest BCUT2D eigenvalue weighted by Crippen LogP contribution is -2.51. The van der Waals surface area contributed by atoms with E-state index in [0.717, 1.165) is 0 Å². The van der Waals surface area contributed by atoms with Gasteiger partial charge in [-0.15, -0.1) is 0 Å². The van der Waals surface area contributed by atoms with Gasteiger partial charge in [0.05, 0.1) is 26.2 Å². The SMILES string of the molecule is NCC(CNCCN(CC(=O)O)CC(=O)O)N(CC(=O)O)CC(=O)O. The first-order valence-electron chi connectivity index (χ1n) is 7.40. The topological polar surface area (TPSA) is 194 Å². The van der Waals surface area contributed by atoms with E-state index >= 15 is 0 Å². The fourth-order valence-corrected chi connectivity index (χ4v) is 2.13. The van der Waals surface area contributed by atoms with E-state index in [1.807, 2.05) is 0 Å². The Hall–Kier alpha value is -2.28. The largest absolute Gasteiger partial charge is 0.480 e. The van der Waals surface area contributed by atoms with E-state index < -0.39 is 56.1 Å². The van der Waals surface area contributed by atoms with E-state index in [0.29, 0.717) is 0 Å². The summed E-state index contributed by atoms with van der Waals surface area (Å²) in [6.45, 7) is -1.29. The normalized spacial score (nSPS) is 12.3. The lowest BCUT2D eigenvalue weighted by molar-refractivity contribution is -0.144. The summed E-state index contributed by atoms with van der Waals surface area (Å²) in [7, 11) is 0. The number of carboxylic acid groups (broad SMARTS) is 4. The van der Waals surface area contributed by atoms with Crippen LogP contribution in [-0.2, 0) is 19.2 Å². The molecule has 0 aliphatic carbocycles. The van der Waals surface area contributed by atoms with Crippen LogP contribution in [0.1, 0.15) is 0 Å². The first kappa shape index (κ1) is 22.7. The number of nitrogens with zero attached hydrogens (tertiary/aromatic N) is 2. The summed E-state index contributed by atoms with van der Waals surface area (Å²) in [5.74, 6) is -4.69. The average molecular weight is 364 g/mol. The van der Waals surface area contributed by atoms with E-state index in [1.165, 1.54) is 9.80 Å². The number of hydrogen-bond donors (Lipinski definition) is 6. The second-order valence-corrected chi connectivity index (χ2v) is 5.28. The summed E-state index contributed by atoms with van der Waals surface area (Å²) in [6, 6.07) is -0.556. The smallest absolute Gasteiger partial charge is 0.317 e. The molecule has 12 heteroatoms. The number of hydrogen-bond acceptors (Lipinski definition) is 8. The van der Waals surface area contributed by atoms with Gasteiger partial charge in [-0.3, -0.25) is 29.0 Å². The number of carboxylic acids is 4. The molecule has 0 aromatic carbocycles. The van der Waals surface area contributed by atoms with E-state index in [-0.39, 0.29) is 26.2 Å². The van der Waals surface area contributed by atoms with Crippen molar-refractivity contribution in [2.75, 3.05) is 52.4 Å². The molecule has 0 saturated heterocycles. The van der Waals surface area contributed by atoms with Gasteiger partial charge in [-0.1, -0.05) is 0 Å². The highest BCUT2D eigenvalue weighted by Gasteiger charge is 2.22. The van der Waals surface area contributed by atoms with Crippen LogP contribution in [0.25, 0.3) is 0 Å². The predicted molar refractivity (Wildman–Crippen MR) is 84.3 cm³/mol. The zero-order chi connectivity index (χ0) is 19.4. The van der Waals surface area contributed by atoms with Crippen molar-refractivity contribution in [3.63, 3.8) is 0 Å². The third-order valence-corrected chi connectivity index (χ3v) is 3.17. The lowest BCUT2D eigenvalue weighted by Gasteiger charge is -2.28. The molecule has 0 radical (unpaired) electrons. The Morgan fingerprint density at radius 1 is 0.840 bits per heavy atom. The van der Waals surface area contributed by atoms with Gasteiger partial charge in [0.25, 0.3) is 0 Å². The molecule has 144 valence electrons. The minimum absolute atomic E-state index is 0.0154. The summed E-state index contributed by atoms with van der Waals surface area (Å²) in [4.78, 5) is 45.4. The molecule has 0 bridgehead atoms. The molecule has 0 amide bonds. The highest BCUT2D eigenvalue weighted by molar-refractivity contribution is 5.73. The van der Waals surface area contributed by atoms with Crippen LogP contribution in [0.2, 0.25) is 0 Å². The van der Waals surface area contributed by atoms with Crippen LogP contribution >= 0.6 is 0 Å². The Morgan fingerprint density at radius 3 is 1.64 bits per heavy atom. The second-order valence-electron chi connectivity index (χ2n) is 5.28. The van der Waals surface area contributed by atoms with Crippen molar-refractivity contribution < 1.29 is 39.6 Å². The molecule has 0 rings (SSSR count). The molecular weight excluding hydrogens is 340 g/mol. The standard InChI is InChI=1S/C13H24N4O8/c14-3-9(17(7-12(22)23)8-13(24)25)4-15-1-2-16(5-10(18)19)6-11(20)21/h9,15H,1-8,14H2,(H,18,19)(H,20,21)(H,22,23)(H,24,25). The fourth-order valence-electron chi connectivity index (χ4n) is 2.13. The molecule has 0 saturated carbocycles. The average Bonchev–Trinajstić information content (AvgIpc) is 2.44. The second kappa shape index (κ2) is 12.1. The van der Waals surface area contributed by atoms with Crippen molar-refractivity contribution >= 4 is 23.9 Å². The quantitative estimate of drug-likeness (QED) is 0.160. The minimum atomic E-state index is -1.19. The van der Waals surface area contributed by atoms with Crippen LogP contribution in [0, 0.1) is 0 Å². The van der Waals surface area contributed by atoms with Gasteiger partial charge in [-0.05, 0) is 0 Å².